The molecule has 1 heterocycles. The topological polar surface area (TPSA) is 59.2 Å². The Labute approximate surface area is 104 Å². The smallest absolute Gasteiger partial charge is 0.311 e. The Kier molecular flexibility index (Phi) is 4.80. The Balaban J connectivity index is 3.08. The van der Waals surface area contributed by atoms with Crippen molar-refractivity contribution in [2.45, 2.75) is 19.8 Å². The van der Waals surface area contributed by atoms with Gasteiger partial charge in [0.05, 0.1) is 17.5 Å². The first-order valence-corrected chi connectivity index (χ1v) is 5.60. The number of hydrogen-bond acceptors (Lipinski definition) is 3. The minimum atomic E-state index is -2.77. The van der Waals surface area contributed by atoms with Gasteiger partial charge in [-0.05, 0) is 28.9 Å². The number of rotatable bonds is 4. The van der Waals surface area contributed by atoms with Gasteiger partial charge in [-0.15, -0.1) is 0 Å². The monoisotopic (exact) mass is 309 g/mol. The lowest BCUT2D eigenvalue weighted by Gasteiger charge is -2.08. The third-order valence-corrected chi connectivity index (χ3v) is 2.56. The Morgan fingerprint density at radius 1 is 1.59 bits per heavy atom. The predicted molar refractivity (Wildman–Crippen MR) is 60.1 cm³/mol. The summed E-state index contributed by atoms with van der Waals surface area (Å²) in [4.78, 5) is 24.7. The second-order valence-electron chi connectivity index (χ2n) is 3.16. The summed E-state index contributed by atoms with van der Waals surface area (Å²) >= 11 is 2.85. The van der Waals surface area contributed by atoms with Crippen LogP contribution in [-0.4, -0.2) is 17.6 Å². The first kappa shape index (κ1) is 13.8. The minimum absolute atomic E-state index is 0.000379. The number of aromatic nitrogens is 1. The van der Waals surface area contributed by atoms with Crippen molar-refractivity contribution in [3.63, 3.8) is 0 Å². The van der Waals surface area contributed by atoms with E-state index in [0.717, 1.165) is 6.07 Å². The lowest BCUT2D eigenvalue weighted by Crippen LogP contribution is -2.17. The molecule has 7 heteroatoms. The molecular formula is C10H10BrF2NO3. The molecule has 0 aliphatic carbocycles. The third kappa shape index (κ3) is 3.62. The third-order valence-electron chi connectivity index (χ3n) is 1.97. The maximum Gasteiger partial charge on any atom is 0.311 e. The van der Waals surface area contributed by atoms with Crippen molar-refractivity contribution < 1.29 is 18.3 Å². The first-order valence-electron chi connectivity index (χ1n) is 4.81. The molecule has 0 aliphatic heterocycles. The van der Waals surface area contributed by atoms with Gasteiger partial charge in [0.1, 0.15) is 0 Å². The Hall–Kier alpha value is -1.24. The summed E-state index contributed by atoms with van der Waals surface area (Å²) in [6, 6.07) is 1.01. The van der Waals surface area contributed by atoms with E-state index in [9.17, 15) is 18.4 Å². The standard InChI is InChI=1S/C10H10BrF2NO3/c1-2-17-8(15)4-7-5(9(12)13)3-6(11)10(16)14-7/h3,9H,2,4H2,1H3,(H,14,16). The van der Waals surface area contributed by atoms with E-state index in [4.69, 9.17) is 0 Å². The molecule has 0 atom stereocenters. The highest BCUT2D eigenvalue weighted by atomic mass is 79.9. The van der Waals surface area contributed by atoms with Crippen LogP contribution in [-0.2, 0) is 16.0 Å². The number of aromatic amines is 1. The molecular weight excluding hydrogens is 300 g/mol. The fourth-order valence-corrected chi connectivity index (χ4v) is 1.60. The molecule has 0 saturated carbocycles. The largest absolute Gasteiger partial charge is 0.466 e. The van der Waals surface area contributed by atoms with E-state index in [2.05, 4.69) is 25.7 Å². The molecule has 1 aromatic heterocycles. The average molecular weight is 310 g/mol. The number of hydrogen-bond donors (Lipinski definition) is 1. The normalized spacial score (nSPS) is 10.6. The molecule has 0 saturated heterocycles. The summed E-state index contributed by atoms with van der Waals surface area (Å²) in [6.45, 7) is 1.76. The number of pyridine rings is 1. The van der Waals surface area contributed by atoms with Crippen LogP contribution in [0.1, 0.15) is 24.6 Å². The summed E-state index contributed by atoms with van der Waals surface area (Å²) in [5.74, 6) is -0.660. The second kappa shape index (κ2) is 5.90. The quantitative estimate of drug-likeness (QED) is 0.867. The van der Waals surface area contributed by atoms with Crippen molar-refractivity contribution in [3.05, 3.63) is 32.2 Å². The van der Waals surface area contributed by atoms with Crippen LogP contribution in [0, 0.1) is 0 Å². The molecule has 0 unspecified atom stereocenters. The highest BCUT2D eigenvalue weighted by Crippen LogP contribution is 2.23. The molecule has 94 valence electrons. The molecule has 0 aliphatic rings. The fourth-order valence-electron chi connectivity index (χ4n) is 1.26. The van der Waals surface area contributed by atoms with E-state index < -0.39 is 18.0 Å². The van der Waals surface area contributed by atoms with Crippen molar-refractivity contribution in [3.8, 4) is 0 Å². The van der Waals surface area contributed by atoms with Gasteiger partial charge in [-0.25, -0.2) is 8.78 Å². The maximum absolute atomic E-state index is 12.7. The van der Waals surface area contributed by atoms with E-state index in [1.165, 1.54) is 0 Å². The highest BCUT2D eigenvalue weighted by molar-refractivity contribution is 9.10. The molecule has 0 amide bonds. The van der Waals surface area contributed by atoms with Crippen LogP contribution < -0.4 is 5.56 Å². The van der Waals surface area contributed by atoms with Gasteiger partial charge in [-0.1, -0.05) is 0 Å². The number of ether oxygens (including phenoxy) is 1. The number of carbonyl (C=O) groups excluding carboxylic acids is 1. The van der Waals surface area contributed by atoms with Crippen LogP contribution >= 0.6 is 15.9 Å². The summed E-state index contributed by atoms with van der Waals surface area (Å²) in [6.07, 6.45) is -3.15. The van der Waals surface area contributed by atoms with Crippen LogP contribution in [0.15, 0.2) is 15.3 Å². The van der Waals surface area contributed by atoms with Crippen LogP contribution in [0.25, 0.3) is 0 Å². The molecule has 0 radical (unpaired) electrons. The average Bonchev–Trinajstić information content (AvgIpc) is 2.23. The minimum Gasteiger partial charge on any atom is -0.466 e. The number of esters is 1. The fraction of sp³-hybridized carbons (Fsp3) is 0.400. The number of alkyl halides is 2. The van der Waals surface area contributed by atoms with Crippen LogP contribution in [0.2, 0.25) is 0 Å². The zero-order chi connectivity index (χ0) is 13.0. The summed E-state index contributed by atoms with van der Waals surface area (Å²) in [5, 5.41) is 0. The maximum atomic E-state index is 12.7. The molecule has 0 bridgehead atoms. The van der Waals surface area contributed by atoms with E-state index in [0.29, 0.717) is 0 Å². The zero-order valence-electron chi connectivity index (χ0n) is 8.93. The van der Waals surface area contributed by atoms with Crippen molar-refractivity contribution in [1.82, 2.24) is 4.98 Å². The molecule has 0 spiro atoms. The highest BCUT2D eigenvalue weighted by Gasteiger charge is 2.18. The van der Waals surface area contributed by atoms with Gasteiger partial charge < -0.3 is 9.72 Å². The number of nitrogens with one attached hydrogen (secondary N) is 1. The summed E-state index contributed by atoms with van der Waals surface area (Å²) in [5.41, 5.74) is -1.06. The van der Waals surface area contributed by atoms with Gasteiger partial charge in [0, 0.05) is 11.3 Å². The van der Waals surface area contributed by atoms with E-state index in [-0.39, 0.29) is 28.8 Å². The summed E-state index contributed by atoms with van der Waals surface area (Å²) in [7, 11) is 0. The number of carbonyl (C=O) groups is 1. The van der Waals surface area contributed by atoms with Gasteiger partial charge in [0.2, 0.25) is 0 Å². The number of H-pyrrole nitrogens is 1. The lowest BCUT2D eigenvalue weighted by atomic mass is 10.1. The second-order valence-corrected chi connectivity index (χ2v) is 4.02. The Morgan fingerprint density at radius 2 is 2.24 bits per heavy atom. The zero-order valence-corrected chi connectivity index (χ0v) is 10.5. The van der Waals surface area contributed by atoms with Gasteiger partial charge in [-0.2, -0.15) is 0 Å². The van der Waals surface area contributed by atoms with E-state index in [1.54, 1.807) is 6.92 Å². The molecule has 1 rings (SSSR count). The van der Waals surface area contributed by atoms with E-state index in [1.807, 2.05) is 0 Å². The number of halogens is 3. The van der Waals surface area contributed by atoms with Gasteiger partial charge in [0.25, 0.3) is 12.0 Å². The molecule has 0 fully saturated rings. The van der Waals surface area contributed by atoms with E-state index >= 15 is 0 Å². The van der Waals surface area contributed by atoms with Gasteiger partial charge in [-0.3, -0.25) is 9.59 Å². The predicted octanol–water partition coefficient (Wildman–Crippen LogP) is 2.18. The van der Waals surface area contributed by atoms with Crippen molar-refractivity contribution >= 4 is 21.9 Å². The van der Waals surface area contributed by atoms with Gasteiger partial charge in [0.15, 0.2) is 0 Å². The molecule has 17 heavy (non-hydrogen) atoms. The van der Waals surface area contributed by atoms with Gasteiger partial charge >= 0.3 is 5.97 Å². The van der Waals surface area contributed by atoms with Crippen LogP contribution in [0.5, 0.6) is 0 Å². The van der Waals surface area contributed by atoms with Crippen LogP contribution in [0.3, 0.4) is 0 Å². The van der Waals surface area contributed by atoms with Crippen molar-refractivity contribution in [2.24, 2.45) is 0 Å². The van der Waals surface area contributed by atoms with Crippen molar-refractivity contribution in [1.29, 1.82) is 0 Å². The molecule has 0 aromatic carbocycles. The Bertz CT molecular complexity index is 473. The Morgan fingerprint density at radius 3 is 2.76 bits per heavy atom. The summed E-state index contributed by atoms with van der Waals surface area (Å²) < 4.78 is 30.0. The first-order chi connectivity index (χ1) is 7.95. The molecule has 1 N–H and O–H groups in total. The molecule has 1 aromatic rings. The van der Waals surface area contributed by atoms with Crippen molar-refractivity contribution in [2.75, 3.05) is 6.61 Å². The van der Waals surface area contributed by atoms with Crippen LogP contribution in [0.4, 0.5) is 8.78 Å². The lowest BCUT2D eigenvalue weighted by molar-refractivity contribution is -0.142. The molecule has 4 nitrogen and oxygen atoms in total. The SMILES string of the molecule is CCOC(=O)Cc1[nH]c(=O)c(Br)cc1C(F)F.